The number of carbonyl (C=O) groups is 1. The molecule has 0 unspecified atom stereocenters. The van der Waals surface area contributed by atoms with Gasteiger partial charge in [0.05, 0.1) is 0 Å². The second kappa shape index (κ2) is 13.4. The molecule has 0 aliphatic carbocycles. The van der Waals surface area contributed by atoms with E-state index in [-0.39, 0.29) is 5.91 Å². The Labute approximate surface area is 217 Å². The average molecular weight is 484 g/mol. The summed E-state index contributed by atoms with van der Waals surface area (Å²) in [5, 5.41) is 3.03. The van der Waals surface area contributed by atoms with Gasteiger partial charge in [-0.2, -0.15) is 0 Å². The highest BCUT2D eigenvalue weighted by Gasteiger charge is 2.23. The minimum Gasteiger partial charge on any atom is -0.352 e. The Balaban J connectivity index is 1.26. The highest BCUT2D eigenvalue weighted by molar-refractivity contribution is 5.94. The van der Waals surface area contributed by atoms with Crippen LogP contribution in [0.2, 0.25) is 0 Å². The molecule has 1 aliphatic heterocycles. The quantitative estimate of drug-likeness (QED) is 0.368. The lowest BCUT2D eigenvalue weighted by Crippen LogP contribution is -2.37. The van der Waals surface area contributed by atoms with Crippen LogP contribution in [-0.2, 0) is 6.42 Å². The largest absolute Gasteiger partial charge is 0.352 e. The number of nitrogens with zero attached hydrogens (tertiary/aromatic N) is 2. The SMILES string of the molecule is CN(C)CCCNC(=O)c1ccc(CC2CCN(CC(c3ccccc3)c3ccccc3)CC2)cc1. The molecule has 0 atom stereocenters. The van der Waals surface area contributed by atoms with E-state index in [9.17, 15) is 4.79 Å². The van der Waals surface area contributed by atoms with Crippen LogP contribution in [0.5, 0.6) is 0 Å². The molecule has 1 fully saturated rings. The van der Waals surface area contributed by atoms with E-state index in [2.05, 4.69) is 102 Å². The molecular formula is C32H41N3O. The molecule has 0 saturated carbocycles. The number of piperidine rings is 1. The number of benzene rings is 3. The number of amides is 1. The Kier molecular flexibility index (Phi) is 9.71. The molecule has 1 aliphatic rings. The van der Waals surface area contributed by atoms with Gasteiger partial charge in [-0.15, -0.1) is 0 Å². The number of carbonyl (C=O) groups excluding carboxylic acids is 1. The van der Waals surface area contributed by atoms with Gasteiger partial charge in [0, 0.05) is 24.6 Å². The minimum absolute atomic E-state index is 0.0278. The lowest BCUT2D eigenvalue weighted by Gasteiger charge is -2.34. The number of rotatable bonds is 11. The highest BCUT2D eigenvalue weighted by Crippen LogP contribution is 2.28. The van der Waals surface area contributed by atoms with Crippen molar-refractivity contribution in [3.05, 3.63) is 107 Å². The molecule has 4 heteroatoms. The lowest BCUT2D eigenvalue weighted by atomic mass is 9.87. The molecule has 0 spiro atoms. The van der Waals surface area contributed by atoms with Crippen LogP contribution in [0, 0.1) is 5.92 Å². The summed E-state index contributed by atoms with van der Waals surface area (Å²) < 4.78 is 0. The molecular weight excluding hydrogens is 442 g/mol. The summed E-state index contributed by atoms with van der Waals surface area (Å²) in [4.78, 5) is 17.2. The number of likely N-dealkylation sites (tertiary alicyclic amines) is 1. The van der Waals surface area contributed by atoms with Crippen molar-refractivity contribution in [2.24, 2.45) is 5.92 Å². The van der Waals surface area contributed by atoms with E-state index in [1.165, 1.54) is 29.5 Å². The normalized spacial score (nSPS) is 14.9. The van der Waals surface area contributed by atoms with E-state index < -0.39 is 0 Å². The van der Waals surface area contributed by atoms with Crippen LogP contribution < -0.4 is 5.32 Å². The molecule has 1 heterocycles. The van der Waals surface area contributed by atoms with Gasteiger partial charge < -0.3 is 15.1 Å². The highest BCUT2D eigenvalue weighted by atomic mass is 16.1. The molecule has 4 nitrogen and oxygen atoms in total. The first kappa shape index (κ1) is 26.1. The summed E-state index contributed by atoms with van der Waals surface area (Å²) >= 11 is 0. The summed E-state index contributed by atoms with van der Waals surface area (Å²) in [6, 6.07) is 30.1. The van der Waals surface area contributed by atoms with Crippen molar-refractivity contribution in [2.75, 3.05) is 46.8 Å². The zero-order chi connectivity index (χ0) is 25.2. The maximum Gasteiger partial charge on any atom is 0.251 e. The smallest absolute Gasteiger partial charge is 0.251 e. The van der Waals surface area contributed by atoms with Crippen LogP contribution in [0.3, 0.4) is 0 Å². The van der Waals surface area contributed by atoms with Gasteiger partial charge in [0.2, 0.25) is 0 Å². The van der Waals surface area contributed by atoms with Gasteiger partial charge in [-0.3, -0.25) is 4.79 Å². The van der Waals surface area contributed by atoms with Gasteiger partial charge in [-0.1, -0.05) is 72.8 Å². The van der Waals surface area contributed by atoms with Crippen molar-refractivity contribution in [1.82, 2.24) is 15.1 Å². The van der Waals surface area contributed by atoms with Crippen molar-refractivity contribution < 1.29 is 4.79 Å². The molecule has 4 rings (SSSR count). The maximum atomic E-state index is 12.4. The molecule has 1 saturated heterocycles. The van der Waals surface area contributed by atoms with E-state index in [0.29, 0.717) is 18.4 Å². The van der Waals surface area contributed by atoms with Crippen molar-refractivity contribution in [3.8, 4) is 0 Å². The van der Waals surface area contributed by atoms with Crippen LogP contribution in [0.1, 0.15) is 52.2 Å². The Morgan fingerprint density at radius 3 is 2.03 bits per heavy atom. The van der Waals surface area contributed by atoms with Crippen molar-refractivity contribution in [3.63, 3.8) is 0 Å². The fourth-order valence-corrected chi connectivity index (χ4v) is 5.23. The van der Waals surface area contributed by atoms with Gasteiger partial charge in [-0.25, -0.2) is 0 Å². The fourth-order valence-electron chi connectivity index (χ4n) is 5.23. The topological polar surface area (TPSA) is 35.6 Å². The van der Waals surface area contributed by atoms with Crippen molar-refractivity contribution >= 4 is 5.91 Å². The molecule has 36 heavy (non-hydrogen) atoms. The molecule has 3 aromatic carbocycles. The maximum absolute atomic E-state index is 12.4. The van der Waals surface area contributed by atoms with Crippen molar-refractivity contribution in [2.45, 2.75) is 31.6 Å². The Morgan fingerprint density at radius 1 is 0.889 bits per heavy atom. The zero-order valence-corrected chi connectivity index (χ0v) is 21.9. The lowest BCUT2D eigenvalue weighted by molar-refractivity contribution is 0.0952. The van der Waals surface area contributed by atoms with E-state index in [0.717, 1.165) is 44.6 Å². The van der Waals surface area contributed by atoms with Crippen LogP contribution in [0.4, 0.5) is 0 Å². The third-order valence-corrected chi connectivity index (χ3v) is 7.36. The summed E-state index contributed by atoms with van der Waals surface area (Å²) in [6.07, 6.45) is 4.52. The van der Waals surface area contributed by atoms with Gasteiger partial charge >= 0.3 is 0 Å². The van der Waals surface area contributed by atoms with Crippen LogP contribution in [0.25, 0.3) is 0 Å². The summed E-state index contributed by atoms with van der Waals surface area (Å²) in [5.74, 6) is 1.14. The minimum atomic E-state index is 0.0278. The molecule has 0 aromatic heterocycles. The first-order chi connectivity index (χ1) is 17.6. The second-order valence-corrected chi connectivity index (χ2v) is 10.4. The van der Waals surface area contributed by atoms with Gasteiger partial charge in [0.1, 0.15) is 0 Å². The molecule has 1 N–H and O–H groups in total. The first-order valence-corrected chi connectivity index (χ1v) is 13.4. The molecule has 0 radical (unpaired) electrons. The molecule has 190 valence electrons. The predicted molar refractivity (Wildman–Crippen MR) is 150 cm³/mol. The Bertz CT molecular complexity index is 1000. The molecule has 3 aromatic rings. The first-order valence-electron chi connectivity index (χ1n) is 13.4. The Hall–Kier alpha value is -2.95. The van der Waals surface area contributed by atoms with Gasteiger partial charge in [0.15, 0.2) is 0 Å². The van der Waals surface area contributed by atoms with E-state index >= 15 is 0 Å². The third-order valence-electron chi connectivity index (χ3n) is 7.36. The number of hydrogen-bond donors (Lipinski definition) is 1. The van der Waals surface area contributed by atoms with Crippen LogP contribution in [-0.4, -0.2) is 62.5 Å². The third kappa shape index (κ3) is 7.78. The van der Waals surface area contributed by atoms with E-state index in [1.807, 2.05) is 12.1 Å². The van der Waals surface area contributed by atoms with Gasteiger partial charge in [0.25, 0.3) is 5.91 Å². The summed E-state index contributed by atoms with van der Waals surface area (Å²) in [7, 11) is 4.10. The number of hydrogen-bond acceptors (Lipinski definition) is 3. The van der Waals surface area contributed by atoms with Crippen LogP contribution >= 0.6 is 0 Å². The van der Waals surface area contributed by atoms with Crippen molar-refractivity contribution in [1.29, 1.82) is 0 Å². The Morgan fingerprint density at radius 2 is 1.47 bits per heavy atom. The molecule has 1 amide bonds. The monoisotopic (exact) mass is 483 g/mol. The fraction of sp³-hybridized carbons (Fsp3) is 0.406. The van der Waals surface area contributed by atoms with E-state index in [1.54, 1.807) is 0 Å². The van der Waals surface area contributed by atoms with Gasteiger partial charge in [-0.05, 0) is 94.2 Å². The van der Waals surface area contributed by atoms with Crippen LogP contribution in [0.15, 0.2) is 84.9 Å². The second-order valence-electron chi connectivity index (χ2n) is 10.4. The predicted octanol–water partition coefficient (Wildman–Crippen LogP) is 5.45. The summed E-state index contributed by atoms with van der Waals surface area (Å²) in [6.45, 7) is 5.06. The standard InChI is InChI=1S/C32H41N3O/c1-34(2)21-9-20-33-32(36)30-16-14-26(15-17-30)24-27-18-22-35(23-19-27)25-31(28-10-5-3-6-11-28)29-12-7-4-8-13-29/h3-8,10-17,27,31H,9,18-25H2,1-2H3,(H,33,36). The van der Waals surface area contributed by atoms with E-state index in [4.69, 9.17) is 0 Å². The summed E-state index contributed by atoms with van der Waals surface area (Å²) in [5.41, 5.74) is 4.88. The molecule has 0 bridgehead atoms. The average Bonchev–Trinajstić information content (AvgIpc) is 2.92. The zero-order valence-electron chi connectivity index (χ0n) is 21.9. The number of nitrogens with one attached hydrogen (secondary N) is 1.